The van der Waals surface area contributed by atoms with Crippen LogP contribution in [0.15, 0.2) is 0 Å². The molecule has 0 aliphatic rings. The Morgan fingerprint density at radius 2 is 0.962 bits per heavy atom. The lowest BCUT2D eigenvalue weighted by Crippen LogP contribution is -2.37. The minimum Gasteiger partial charge on any atom is -0.461 e. The van der Waals surface area contributed by atoms with Gasteiger partial charge in [-0.3, -0.25) is 9.78 Å². The molecule has 0 aliphatic carbocycles. The summed E-state index contributed by atoms with van der Waals surface area (Å²) in [4.78, 5) is 63.9. The average Bonchev–Trinajstić information content (AvgIpc) is 2.67. The smallest absolute Gasteiger partial charge is 0.449 e. The van der Waals surface area contributed by atoms with Gasteiger partial charge in [0.05, 0.1) is 14.2 Å². The molecule has 0 rings (SSSR count). The minimum absolute atomic E-state index is 0.331. The van der Waals surface area contributed by atoms with E-state index in [-0.39, 0.29) is 0 Å². The summed E-state index contributed by atoms with van der Waals surface area (Å²) in [7, 11) is 2.09. The second kappa shape index (κ2) is 10.7. The van der Waals surface area contributed by atoms with Gasteiger partial charge in [0.2, 0.25) is 0 Å². The molecular weight excluding hydrogens is 352 g/mol. The van der Waals surface area contributed by atoms with Crippen LogP contribution >= 0.6 is 0 Å². The highest BCUT2D eigenvalue weighted by Crippen LogP contribution is 2.30. The first-order valence-corrected chi connectivity index (χ1v) is 8.02. The Bertz CT molecular complexity index is 471. The Balaban J connectivity index is 4.72. The zero-order chi connectivity index (χ0) is 20.4. The fourth-order valence-electron chi connectivity index (χ4n) is 1.60. The maximum Gasteiger partial charge on any atom is 0.449 e. The van der Waals surface area contributed by atoms with E-state index < -0.39 is 35.1 Å². The topological polar surface area (TPSA) is 124 Å². The fraction of sp³-hybridized carbons (Fsp3) is 0.750. The summed E-state index contributed by atoms with van der Waals surface area (Å²) in [5, 5.41) is 0. The standard InChI is InChI=1S/C16H26O10/c1-7-15(3,25-23-13(19)11(17)21-5)9-10-16(4,8-2)26-24-14(20)12(18)22-6/h7-10H2,1-6H3. The van der Waals surface area contributed by atoms with E-state index in [4.69, 9.17) is 9.78 Å². The summed E-state index contributed by atoms with van der Waals surface area (Å²) < 4.78 is 8.45. The molecule has 0 aliphatic heterocycles. The zero-order valence-electron chi connectivity index (χ0n) is 15.9. The average molecular weight is 378 g/mol. The first-order chi connectivity index (χ1) is 12.1. The summed E-state index contributed by atoms with van der Waals surface area (Å²) in [6, 6.07) is 0. The molecule has 0 saturated heterocycles. The molecule has 0 bridgehead atoms. The molecule has 10 heteroatoms. The van der Waals surface area contributed by atoms with Crippen LogP contribution in [0.2, 0.25) is 0 Å². The van der Waals surface area contributed by atoms with Gasteiger partial charge in [-0.1, -0.05) is 13.8 Å². The molecule has 2 unspecified atom stereocenters. The van der Waals surface area contributed by atoms with Gasteiger partial charge in [0.15, 0.2) is 0 Å². The number of hydrogen-bond donors (Lipinski definition) is 0. The summed E-state index contributed by atoms with van der Waals surface area (Å²) >= 11 is 0. The molecule has 150 valence electrons. The van der Waals surface area contributed by atoms with Crippen LogP contribution in [0, 0.1) is 0 Å². The van der Waals surface area contributed by atoms with Gasteiger partial charge in [0, 0.05) is 0 Å². The first-order valence-electron chi connectivity index (χ1n) is 8.02. The molecule has 0 amide bonds. The van der Waals surface area contributed by atoms with E-state index in [2.05, 4.69) is 19.2 Å². The quantitative estimate of drug-likeness (QED) is 0.252. The van der Waals surface area contributed by atoms with Crippen LogP contribution in [0.1, 0.15) is 53.4 Å². The molecule has 0 heterocycles. The molecule has 0 aromatic rings. The Labute approximate surface area is 151 Å². The molecule has 0 radical (unpaired) electrons. The zero-order valence-corrected chi connectivity index (χ0v) is 15.9. The van der Waals surface area contributed by atoms with Gasteiger partial charge in [0.1, 0.15) is 11.2 Å². The predicted octanol–water partition coefficient (Wildman–Crippen LogP) is 1.40. The summed E-state index contributed by atoms with van der Waals surface area (Å²) in [6.07, 6.45) is 1.56. The predicted molar refractivity (Wildman–Crippen MR) is 85.0 cm³/mol. The summed E-state index contributed by atoms with van der Waals surface area (Å²) in [5.41, 5.74) is -1.84. The van der Waals surface area contributed by atoms with E-state index in [9.17, 15) is 19.2 Å². The van der Waals surface area contributed by atoms with Crippen molar-refractivity contribution < 1.29 is 48.2 Å². The van der Waals surface area contributed by atoms with E-state index in [0.717, 1.165) is 14.2 Å². The van der Waals surface area contributed by atoms with Gasteiger partial charge < -0.3 is 9.47 Å². The van der Waals surface area contributed by atoms with Crippen molar-refractivity contribution in [3.8, 4) is 0 Å². The maximum absolute atomic E-state index is 11.3. The first kappa shape index (κ1) is 23.8. The maximum atomic E-state index is 11.3. The highest BCUT2D eigenvalue weighted by molar-refractivity contribution is 6.29. The van der Waals surface area contributed by atoms with Gasteiger partial charge in [-0.2, -0.15) is 9.78 Å². The largest absolute Gasteiger partial charge is 0.461 e. The third kappa shape index (κ3) is 7.79. The molecule has 26 heavy (non-hydrogen) atoms. The monoisotopic (exact) mass is 378 g/mol. The van der Waals surface area contributed by atoms with Crippen molar-refractivity contribution in [3.63, 3.8) is 0 Å². The number of hydrogen-bond acceptors (Lipinski definition) is 10. The van der Waals surface area contributed by atoms with Crippen LogP contribution in [-0.2, 0) is 48.2 Å². The van der Waals surface area contributed by atoms with Crippen LogP contribution in [0.4, 0.5) is 0 Å². The van der Waals surface area contributed by atoms with Crippen molar-refractivity contribution in [1.82, 2.24) is 0 Å². The van der Waals surface area contributed by atoms with Crippen LogP contribution in [0.25, 0.3) is 0 Å². The number of carbonyl (C=O) groups is 4. The third-order valence-corrected chi connectivity index (χ3v) is 4.02. The SMILES string of the molecule is CCC(C)(CCC(C)(CC)OOC(=O)C(=O)OC)OOC(=O)C(=O)OC. The Morgan fingerprint density at radius 1 is 0.654 bits per heavy atom. The normalized spacial score (nSPS) is 15.2. The lowest BCUT2D eigenvalue weighted by atomic mass is 9.88. The fourth-order valence-corrected chi connectivity index (χ4v) is 1.60. The van der Waals surface area contributed by atoms with Crippen molar-refractivity contribution in [2.45, 2.75) is 64.6 Å². The Kier molecular flexibility index (Phi) is 9.81. The summed E-state index contributed by atoms with van der Waals surface area (Å²) in [5.74, 6) is -4.90. The minimum atomic E-state index is -1.27. The molecule has 0 N–H and O–H groups in total. The van der Waals surface area contributed by atoms with Crippen molar-refractivity contribution in [2.75, 3.05) is 14.2 Å². The van der Waals surface area contributed by atoms with Crippen molar-refractivity contribution in [2.24, 2.45) is 0 Å². The van der Waals surface area contributed by atoms with Crippen LogP contribution in [-0.4, -0.2) is 49.3 Å². The van der Waals surface area contributed by atoms with Gasteiger partial charge in [0.25, 0.3) is 0 Å². The number of esters is 2. The van der Waals surface area contributed by atoms with Gasteiger partial charge >= 0.3 is 23.9 Å². The lowest BCUT2D eigenvalue weighted by Gasteiger charge is -2.31. The van der Waals surface area contributed by atoms with E-state index in [1.165, 1.54) is 0 Å². The van der Waals surface area contributed by atoms with E-state index in [0.29, 0.717) is 25.7 Å². The lowest BCUT2D eigenvalue weighted by molar-refractivity contribution is -0.344. The Hall–Kier alpha value is -2.20. The molecular formula is C16H26O10. The number of carbonyl (C=O) groups excluding carboxylic acids is 4. The van der Waals surface area contributed by atoms with Gasteiger partial charge in [-0.15, -0.1) is 0 Å². The number of methoxy groups -OCH3 is 2. The van der Waals surface area contributed by atoms with Crippen molar-refractivity contribution in [1.29, 1.82) is 0 Å². The second-order valence-corrected chi connectivity index (χ2v) is 6.00. The third-order valence-electron chi connectivity index (χ3n) is 4.02. The van der Waals surface area contributed by atoms with E-state index in [1.54, 1.807) is 27.7 Å². The van der Waals surface area contributed by atoms with Crippen LogP contribution in [0.5, 0.6) is 0 Å². The second-order valence-electron chi connectivity index (χ2n) is 6.00. The highest BCUT2D eigenvalue weighted by Gasteiger charge is 2.35. The Morgan fingerprint density at radius 3 is 1.19 bits per heavy atom. The molecule has 0 saturated carbocycles. The van der Waals surface area contributed by atoms with Crippen LogP contribution in [0.3, 0.4) is 0 Å². The van der Waals surface area contributed by atoms with Crippen molar-refractivity contribution >= 4 is 23.9 Å². The van der Waals surface area contributed by atoms with Gasteiger partial charge in [-0.25, -0.2) is 19.2 Å². The van der Waals surface area contributed by atoms with E-state index >= 15 is 0 Å². The molecule has 2 atom stereocenters. The molecule has 0 aromatic heterocycles. The molecule has 0 fully saturated rings. The molecule has 0 spiro atoms. The summed E-state index contributed by atoms with van der Waals surface area (Å²) in [6.45, 7) is 6.95. The van der Waals surface area contributed by atoms with Crippen LogP contribution < -0.4 is 0 Å². The number of ether oxygens (including phenoxy) is 2. The number of rotatable bonds is 9. The highest BCUT2D eigenvalue weighted by atomic mass is 17.2. The van der Waals surface area contributed by atoms with Gasteiger partial charge in [-0.05, 0) is 39.5 Å². The van der Waals surface area contributed by atoms with E-state index in [1.807, 2.05) is 0 Å². The van der Waals surface area contributed by atoms with Crippen molar-refractivity contribution in [3.05, 3.63) is 0 Å². The molecule has 0 aromatic carbocycles. The molecule has 10 nitrogen and oxygen atoms in total.